The number of nitrogens with one attached hydrogen (secondary N) is 1. The van der Waals surface area contributed by atoms with Crippen molar-refractivity contribution >= 4 is 11.3 Å². The van der Waals surface area contributed by atoms with Crippen molar-refractivity contribution in [2.45, 2.75) is 31.4 Å². The van der Waals surface area contributed by atoms with Crippen molar-refractivity contribution in [1.82, 2.24) is 5.32 Å². The predicted octanol–water partition coefficient (Wildman–Crippen LogP) is 2.11. The SMILES string of the molecule is c1cc2c(s1)[C@H]([C@@H]1CCCN1)OCC2. The maximum Gasteiger partial charge on any atom is 0.107 e. The maximum absolute atomic E-state index is 5.89. The zero-order chi connectivity index (χ0) is 9.38. The van der Waals surface area contributed by atoms with E-state index in [2.05, 4.69) is 16.8 Å². The molecule has 0 unspecified atom stereocenters. The van der Waals surface area contributed by atoms with Crippen molar-refractivity contribution in [3.8, 4) is 0 Å². The van der Waals surface area contributed by atoms with Crippen LogP contribution in [0.4, 0.5) is 0 Å². The van der Waals surface area contributed by atoms with Gasteiger partial charge in [-0.25, -0.2) is 0 Å². The van der Waals surface area contributed by atoms with Crippen LogP contribution in [0.1, 0.15) is 29.4 Å². The van der Waals surface area contributed by atoms with Crippen LogP contribution in [-0.4, -0.2) is 19.2 Å². The van der Waals surface area contributed by atoms with Crippen LogP contribution >= 0.6 is 11.3 Å². The Kier molecular flexibility index (Phi) is 2.32. The molecule has 1 saturated heterocycles. The molecule has 0 amide bonds. The number of fused-ring (bicyclic) bond motifs is 1. The topological polar surface area (TPSA) is 21.3 Å². The Morgan fingerprint density at radius 2 is 2.50 bits per heavy atom. The first-order valence-electron chi connectivity index (χ1n) is 5.36. The fraction of sp³-hybridized carbons (Fsp3) is 0.636. The first kappa shape index (κ1) is 8.89. The number of rotatable bonds is 1. The molecule has 3 rings (SSSR count). The predicted molar refractivity (Wildman–Crippen MR) is 57.7 cm³/mol. The lowest BCUT2D eigenvalue weighted by molar-refractivity contribution is 0.0229. The Balaban J connectivity index is 1.88. The molecule has 1 aromatic rings. The van der Waals surface area contributed by atoms with Gasteiger partial charge in [-0.15, -0.1) is 11.3 Å². The Labute approximate surface area is 88.3 Å². The lowest BCUT2D eigenvalue weighted by Gasteiger charge is -2.28. The van der Waals surface area contributed by atoms with E-state index in [1.54, 1.807) is 0 Å². The third kappa shape index (κ3) is 1.40. The second-order valence-corrected chi connectivity index (χ2v) is 5.00. The lowest BCUT2D eigenvalue weighted by Crippen LogP contribution is -2.32. The van der Waals surface area contributed by atoms with Gasteiger partial charge in [-0.2, -0.15) is 0 Å². The second-order valence-electron chi connectivity index (χ2n) is 4.05. The average Bonchev–Trinajstić information content (AvgIpc) is 2.88. The molecule has 3 heteroatoms. The van der Waals surface area contributed by atoms with Crippen molar-refractivity contribution in [3.05, 3.63) is 21.9 Å². The number of ether oxygens (including phenoxy) is 1. The van der Waals surface area contributed by atoms with Crippen LogP contribution in [0.2, 0.25) is 0 Å². The van der Waals surface area contributed by atoms with Crippen molar-refractivity contribution in [3.63, 3.8) is 0 Å². The van der Waals surface area contributed by atoms with Crippen LogP contribution in [0.25, 0.3) is 0 Å². The Hall–Kier alpha value is -0.380. The van der Waals surface area contributed by atoms with Crippen molar-refractivity contribution in [2.75, 3.05) is 13.2 Å². The second kappa shape index (κ2) is 3.65. The van der Waals surface area contributed by atoms with Crippen molar-refractivity contribution in [1.29, 1.82) is 0 Å². The van der Waals surface area contributed by atoms with Crippen LogP contribution in [0.5, 0.6) is 0 Å². The molecule has 0 aliphatic carbocycles. The molecule has 0 saturated carbocycles. The van der Waals surface area contributed by atoms with Crippen LogP contribution in [-0.2, 0) is 11.2 Å². The standard InChI is InChI=1S/C11H15NOS/c1-2-9(12-5-1)10-11-8(3-6-13-10)4-7-14-11/h4,7,9-10,12H,1-3,5-6H2/t9-,10-/m0/s1. The maximum atomic E-state index is 5.89. The molecule has 1 aromatic heterocycles. The van der Waals surface area contributed by atoms with Crippen LogP contribution in [0.3, 0.4) is 0 Å². The van der Waals surface area contributed by atoms with Gasteiger partial charge in [0.25, 0.3) is 0 Å². The summed E-state index contributed by atoms with van der Waals surface area (Å²) in [5.74, 6) is 0. The number of hydrogen-bond acceptors (Lipinski definition) is 3. The van der Waals surface area contributed by atoms with E-state index in [9.17, 15) is 0 Å². The van der Waals surface area contributed by atoms with Gasteiger partial charge in [0.1, 0.15) is 6.10 Å². The molecular formula is C11H15NOS. The molecule has 2 aliphatic heterocycles. The molecule has 14 heavy (non-hydrogen) atoms. The molecular weight excluding hydrogens is 194 g/mol. The third-order valence-electron chi connectivity index (χ3n) is 3.17. The molecule has 76 valence electrons. The average molecular weight is 209 g/mol. The minimum atomic E-state index is 0.334. The summed E-state index contributed by atoms with van der Waals surface area (Å²) in [6.45, 7) is 2.05. The van der Waals surface area contributed by atoms with Gasteiger partial charge in [0.2, 0.25) is 0 Å². The van der Waals surface area contributed by atoms with Crippen LogP contribution in [0.15, 0.2) is 11.4 Å². The molecule has 0 aromatic carbocycles. The summed E-state index contributed by atoms with van der Waals surface area (Å²) in [5, 5.41) is 5.73. The molecule has 3 heterocycles. The summed E-state index contributed by atoms with van der Waals surface area (Å²) in [6.07, 6.45) is 4.00. The van der Waals surface area contributed by atoms with Gasteiger partial charge in [0, 0.05) is 10.9 Å². The smallest absolute Gasteiger partial charge is 0.107 e. The van der Waals surface area contributed by atoms with Gasteiger partial charge in [0.15, 0.2) is 0 Å². The van der Waals surface area contributed by atoms with Crippen molar-refractivity contribution < 1.29 is 4.74 Å². The summed E-state index contributed by atoms with van der Waals surface area (Å²) in [4.78, 5) is 1.47. The molecule has 0 bridgehead atoms. The van der Waals surface area contributed by atoms with E-state index in [0.29, 0.717) is 12.1 Å². The zero-order valence-electron chi connectivity index (χ0n) is 8.16. The highest BCUT2D eigenvalue weighted by molar-refractivity contribution is 7.10. The van der Waals surface area contributed by atoms with Gasteiger partial charge in [-0.3, -0.25) is 0 Å². The van der Waals surface area contributed by atoms with Gasteiger partial charge >= 0.3 is 0 Å². The Morgan fingerprint density at radius 1 is 1.50 bits per heavy atom. The Morgan fingerprint density at radius 3 is 3.36 bits per heavy atom. The fourth-order valence-electron chi connectivity index (χ4n) is 2.44. The highest BCUT2D eigenvalue weighted by Crippen LogP contribution is 2.36. The first-order chi connectivity index (χ1) is 6.95. The fourth-order valence-corrected chi connectivity index (χ4v) is 3.51. The van der Waals surface area contributed by atoms with Gasteiger partial charge in [-0.1, -0.05) is 0 Å². The van der Waals surface area contributed by atoms with E-state index in [1.165, 1.54) is 23.3 Å². The third-order valence-corrected chi connectivity index (χ3v) is 4.19. The molecule has 2 atom stereocenters. The van der Waals surface area contributed by atoms with E-state index < -0.39 is 0 Å². The first-order valence-corrected chi connectivity index (χ1v) is 6.24. The number of hydrogen-bond donors (Lipinski definition) is 1. The summed E-state index contributed by atoms with van der Waals surface area (Å²) in [7, 11) is 0. The highest BCUT2D eigenvalue weighted by Gasteiger charge is 2.31. The largest absolute Gasteiger partial charge is 0.371 e. The summed E-state index contributed by atoms with van der Waals surface area (Å²) < 4.78 is 5.89. The molecule has 1 N–H and O–H groups in total. The molecule has 0 spiro atoms. The lowest BCUT2D eigenvalue weighted by atomic mass is 10.0. The van der Waals surface area contributed by atoms with E-state index in [1.807, 2.05) is 11.3 Å². The molecule has 2 nitrogen and oxygen atoms in total. The van der Waals surface area contributed by atoms with E-state index >= 15 is 0 Å². The van der Waals surface area contributed by atoms with Gasteiger partial charge in [0.05, 0.1) is 6.61 Å². The van der Waals surface area contributed by atoms with E-state index in [0.717, 1.165) is 19.6 Å². The van der Waals surface area contributed by atoms with Crippen LogP contribution < -0.4 is 5.32 Å². The summed E-state index contributed by atoms with van der Waals surface area (Å²) in [5.41, 5.74) is 1.51. The summed E-state index contributed by atoms with van der Waals surface area (Å²) >= 11 is 1.86. The highest BCUT2D eigenvalue weighted by atomic mass is 32.1. The normalized spacial score (nSPS) is 31.7. The zero-order valence-corrected chi connectivity index (χ0v) is 8.98. The van der Waals surface area contributed by atoms with E-state index in [-0.39, 0.29) is 0 Å². The van der Waals surface area contributed by atoms with Crippen molar-refractivity contribution in [2.24, 2.45) is 0 Å². The molecule has 2 aliphatic rings. The van der Waals surface area contributed by atoms with E-state index in [4.69, 9.17) is 4.74 Å². The monoisotopic (exact) mass is 209 g/mol. The van der Waals surface area contributed by atoms with Crippen LogP contribution in [0, 0.1) is 0 Å². The quantitative estimate of drug-likeness (QED) is 0.765. The van der Waals surface area contributed by atoms with Gasteiger partial charge < -0.3 is 10.1 Å². The molecule has 1 fully saturated rings. The minimum Gasteiger partial charge on any atom is -0.371 e. The molecule has 0 radical (unpaired) electrons. The Bertz CT molecular complexity index is 317. The van der Waals surface area contributed by atoms with Gasteiger partial charge in [-0.05, 0) is 42.8 Å². The summed E-state index contributed by atoms with van der Waals surface area (Å²) in [6, 6.07) is 2.82. The number of thiophene rings is 1. The minimum absolute atomic E-state index is 0.334.